The van der Waals surface area contributed by atoms with Gasteiger partial charge in [0.05, 0.1) is 7.11 Å². The van der Waals surface area contributed by atoms with Crippen LogP contribution < -0.4 is 9.47 Å². The molecule has 0 saturated carbocycles. The molecule has 0 aromatic heterocycles. The average Bonchev–Trinajstić information content (AvgIpc) is 3.09. The SMILES string of the molecule is COc1cc2c(cc1OCc1ccccc1)C1CCCN1CC2. The third-order valence-corrected chi connectivity index (χ3v) is 5.05. The van der Waals surface area contributed by atoms with Crippen LogP contribution in [0, 0.1) is 0 Å². The Labute approximate surface area is 137 Å². The Kier molecular flexibility index (Phi) is 3.96. The van der Waals surface area contributed by atoms with Gasteiger partial charge >= 0.3 is 0 Å². The highest BCUT2D eigenvalue weighted by Gasteiger charge is 2.32. The lowest BCUT2D eigenvalue weighted by molar-refractivity contribution is 0.239. The van der Waals surface area contributed by atoms with Crippen LogP contribution in [0.15, 0.2) is 42.5 Å². The summed E-state index contributed by atoms with van der Waals surface area (Å²) in [6.07, 6.45) is 3.68. The lowest BCUT2D eigenvalue weighted by atomic mass is 9.92. The molecule has 0 spiro atoms. The topological polar surface area (TPSA) is 21.7 Å². The average molecular weight is 309 g/mol. The highest BCUT2D eigenvalue weighted by Crippen LogP contribution is 2.42. The minimum atomic E-state index is 0.573. The van der Waals surface area contributed by atoms with E-state index in [1.807, 2.05) is 18.2 Å². The molecular weight excluding hydrogens is 286 g/mol. The predicted octanol–water partition coefficient (Wildman–Crippen LogP) is 3.97. The largest absolute Gasteiger partial charge is 0.493 e. The van der Waals surface area contributed by atoms with E-state index < -0.39 is 0 Å². The second-order valence-electron chi connectivity index (χ2n) is 6.42. The molecule has 120 valence electrons. The first-order chi connectivity index (χ1) is 11.3. The zero-order valence-electron chi connectivity index (χ0n) is 13.6. The van der Waals surface area contributed by atoms with Crippen molar-refractivity contribution in [3.8, 4) is 11.5 Å². The minimum Gasteiger partial charge on any atom is -0.493 e. The van der Waals surface area contributed by atoms with Crippen LogP contribution in [0.5, 0.6) is 11.5 Å². The number of methoxy groups -OCH3 is 1. The van der Waals surface area contributed by atoms with Crippen molar-refractivity contribution in [2.24, 2.45) is 0 Å². The molecule has 2 aromatic carbocycles. The molecule has 1 unspecified atom stereocenters. The van der Waals surface area contributed by atoms with Gasteiger partial charge in [-0.05, 0) is 54.6 Å². The standard InChI is InChI=1S/C20H23NO2/c1-22-19-12-16-9-11-21-10-5-8-18(21)17(16)13-20(19)23-14-15-6-3-2-4-7-15/h2-4,6-7,12-13,18H,5,8-11,14H2,1H3. The Balaban J connectivity index is 1.62. The Morgan fingerprint density at radius 2 is 1.96 bits per heavy atom. The van der Waals surface area contributed by atoms with Gasteiger partial charge < -0.3 is 9.47 Å². The van der Waals surface area contributed by atoms with Crippen LogP contribution in [0.2, 0.25) is 0 Å². The monoisotopic (exact) mass is 309 g/mol. The van der Waals surface area contributed by atoms with Gasteiger partial charge in [-0.15, -0.1) is 0 Å². The van der Waals surface area contributed by atoms with Crippen LogP contribution in [-0.4, -0.2) is 25.1 Å². The Morgan fingerprint density at radius 1 is 1.09 bits per heavy atom. The molecule has 3 nitrogen and oxygen atoms in total. The summed E-state index contributed by atoms with van der Waals surface area (Å²) in [5.74, 6) is 1.72. The predicted molar refractivity (Wildman–Crippen MR) is 91.0 cm³/mol. The maximum atomic E-state index is 6.09. The van der Waals surface area contributed by atoms with E-state index in [2.05, 4.69) is 29.2 Å². The molecule has 0 aliphatic carbocycles. The molecule has 2 aliphatic rings. The normalized spacial score (nSPS) is 20.0. The van der Waals surface area contributed by atoms with Crippen molar-refractivity contribution in [2.45, 2.75) is 31.9 Å². The Bertz CT molecular complexity index is 684. The molecule has 0 N–H and O–H groups in total. The van der Waals surface area contributed by atoms with E-state index in [9.17, 15) is 0 Å². The van der Waals surface area contributed by atoms with E-state index in [1.54, 1.807) is 7.11 Å². The van der Waals surface area contributed by atoms with Crippen molar-refractivity contribution >= 4 is 0 Å². The van der Waals surface area contributed by atoms with Gasteiger partial charge in [0.25, 0.3) is 0 Å². The van der Waals surface area contributed by atoms with Gasteiger partial charge in [0.15, 0.2) is 11.5 Å². The lowest BCUT2D eigenvalue weighted by Crippen LogP contribution is -2.30. The fourth-order valence-electron chi connectivity index (χ4n) is 3.86. The molecular formula is C20H23NO2. The lowest BCUT2D eigenvalue weighted by Gasteiger charge is -2.32. The molecule has 2 aliphatic heterocycles. The van der Waals surface area contributed by atoms with Crippen molar-refractivity contribution in [3.05, 3.63) is 59.2 Å². The van der Waals surface area contributed by atoms with E-state index in [0.717, 1.165) is 17.9 Å². The van der Waals surface area contributed by atoms with Gasteiger partial charge in [-0.1, -0.05) is 30.3 Å². The fraction of sp³-hybridized carbons (Fsp3) is 0.400. The third-order valence-electron chi connectivity index (χ3n) is 5.05. The van der Waals surface area contributed by atoms with Crippen molar-refractivity contribution in [1.29, 1.82) is 0 Å². The van der Waals surface area contributed by atoms with Crippen LogP contribution in [0.3, 0.4) is 0 Å². The van der Waals surface area contributed by atoms with Crippen molar-refractivity contribution in [3.63, 3.8) is 0 Å². The summed E-state index contributed by atoms with van der Waals surface area (Å²) in [6.45, 7) is 2.98. The quantitative estimate of drug-likeness (QED) is 0.853. The third kappa shape index (κ3) is 2.81. The summed E-state index contributed by atoms with van der Waals surface area (Å²) >= 11 is 0. The fourth-order valence-corrected chi connectivity index (χ4v) is 3.86. The molecule has 0 radical (unpaired) electrons. The Morgan fingerprint density at radius 3 is 2.78 bits per heavy atom. The van der Waals surface area contributed by atoms with Gasteiger partial charge in [0, 0.05) is 12.6 Å². The summed E-state index contributed by atoms with van der Waals surface area (Å²) in [6, 6.07) is 15.3. The first kappa shape index (κ1) is 14.6. The van der Waals surface area contributed by atoms with Gasteiger partial charge in [-0.2, -0.15) is 0 Å². The number of hydrogen-bond acceptors (Lipinski definition) is 3. The number of hydrogen-bond donors (Lipinski definition) is 0. The maximum Gasteiger partial charge on any atom is 0.162 e. The smallest absolute Gasteiger partial charge is 0.162 e. The van der Waals surface area contributed by atoms with Crippen LogP contribution in [0.4, 0.5) is 0 Å². The molecule has 0 amide bonds. The van der Waals surface area contributed by atoms with Crippen LogP contribution in [0.1, 0.15) is 35.6 Å². The van der Waals surface area contributed by atoms with Crippen molar-refractivity contribution < 1.29 is 9.47 Å². The summed E-state index contributed by atoms with van der Waals surface area (Å²) in [5, 5.41) is 0. The zero-order chi connectivity index (χ0) is 15.6. The highest BCUT2D eigenvalue weighted by molar-refractivity contribution is 5.49. The number of nitrogens with zero attached hydrogens (tertiary/aromatic N) is 1. The summed E-state index contributed by atoms with van der Waals surface area (Å²) in [4.78, 5) is 2.61. The number of ether oxygens (including phenoxy) is 2. The molecule has 0 bridgehead atoms. The zero-order valence-corrected chi connectivity index (χ0v) is 13.6. The molecule has 1 atom stereocenters. The van der Waals surface area contributed by atoms with E-state index in [-0.39, 0.29) is 0 Å². The van der Waals surface area contributed by atoms with E-state index in [4.69, 9.17) is 9.47 Å². The maximum absolute atomic E-state index is 6.09. The first-order valence-electron chi connectivity index (χ1n) is 8.47. The van der Waals surface area contributed by atoms with E-state index in [0.29, 0.717) is 12.6 Å². The van der Waals surface area contributed by atoms with Crippen LogP contribution >= 0.6 is 0 Å². The molecule has 3 heteroatoms. The summed E-state index contributed by atoms with van der Waals surface area (Å²) in [5.41, 5.74) is 4.05. The van der Waals surface area contributed by atoms with Gasteiger partial charge in [-0.25, -0.2) is 0 Å². The second-order valence-corrected chi connectivity index (χ2v) is 6.42. The van der Waals surface area contributed by atoms with E-state index >= 15 is 0 Å². The summed E-state index contributed by atoms with van der Waals surface area (Å²) in [7, 11) is 1.72. The number of benzene rings is 2. The number of fused-ring (bicyclic) bond motifs is 3. The second kappa shape index (κ2) is 6.25. The van der Waals surface area contributed by atoms with Gasteiger partial charge in [0.2, 0.25) is 0 Å². The highest BCUT2D eigenvalue weighted by atomic mass is 16.5. The van der Waals surface area contributed by atoms with Crippen LogP contribution in [-0.2, 0) is 13.0 Å². The molecule has 2 heterocycles. The summed E-state index contributed by atoms with van der Waals surface area (Å²) < 4.78 is 11.7. The molecule has 23 heavy (non-hydrogen) atoms. The van der Waals surface area contributed by atoms with Crippen molar-refractivity contribution in [2.75, 3.05) is 20.2 Å². The number of rotatable bonds is 4. The minimum absolute atomic E-state index is 0.573. The van der Waals surface area contributed by atoms with Crippen LogP contribution in [0.25, 0.3) is 0 Å². The first-order valence-corrected chi connectivity index (χ1v) is 8.47. The molecule has 4 rings (SSSR count). The molecule has 1 fully saturated rings. The Hall–Kier alpha value is -2.00. The molecule has 2 aromatic rings. The molecule has 1 saturated heterocycles. The van der Waals surface area contributed by atoms with Gasteiger partial charge in [-0.3, -0.25) is 4.90 Å². The van der Waals surface area contributed by atoms with Gasteiger partial charge in [0.1, 0.15) is 6.61 Å². The van der Waals surface area contributed by atoms with Crippen molar-refractivity contribution in [1.82, 2.24) is 4.90 Å². The van der Waals surface area contributed by atoms with E-state index in [1.165, 1.54) is 42.6 Å².